The topological polar surface area (TPSA) is 38.3 Å². The normalized spacial score (nSPS) is 12.8. The Morgan fingerprint density at radius 2 is 2.19 bits per heavy atom. The molecule has 1 aromatic rings. The fourth-order valence-corrected chi connectivity index (χ4v) is 1.60. The van der Waals surface area contributed by atoms with Crippen molar-refractivity contribution in [2.45, 2.75) is 25.6 Å². The minimum Gasteiger partial charge on any atom is -0.368 e. The minimum absolute atomic E-state index is 0.0228. The maximum Gasteiger partial charge on any atom is 0.416 e. The highest BCUT2D eigenvalue weighted by atomic mass is 35.5. The van der Waals surface area contributed by atoms with Crippen molar-refractivity contribution in [1.29, 1.82) is 0 Å². The van der Waals surface area contributed by atoms with Crippen LogP contribution in [0.3, 0.4) is 0 Å². The van der Waals surface area contributed by atoms with Crippen molar-refractivity contribution >= 4 is 23.2 Å². The molecule has 0 spiro atoms. The van der Waals surface area contributed by atoms with Gasteiger partial charge >= 0.3 is 6.18 Å². The highest BCUT2D eigenvalue weighted by Crippen LogP contribution is 2.33. The lowest BCUT2D eigenvalue weighted by Crippen LogP contribution is -2.28. The van der Waals surface area contributed by atoms with Gasteiger partial charge in [0, 0.05) is 0 Å². The van der Waals surface area contributed by atoms with Gasteiger partial charge in [-0.1, -0.05) is 17.7 Å². The van der Waals surface area contributed by atoms with E-state index in [0.717, 1.165) is 18.2 Å². The Morgan fingerprint density at radius 3 is 2.76 bits per heavy atom. The fraction of sp³-hybridized carbons (Fsp3) is 0.357. The third-order valence-electron chi connectivity index (χ3n) is 2.61. The molecular formula is C14H15ClF3NO2. The first-order valence-electron chi connectivity index (χ1n) is 6.15. The lowest BCUT2D eigenvalue weighted by atomic mass is 10.2. The smallest absolute Gasteiger partial charge is 0.368 e. The fourth-order valence-electron chi connectivity index (χ4n) is 1.44. The Hall–Kier alpha value is -1.53. The molecule has 0 aliphatic rings. The first-order chi connectivity index (χ1) is 9.75. The number of alkyl halides is 3. The largest absolute Gasteiger partial charge is 0.416 e. The number of anilines is 1. The van der Waals surface area contributed by atoms with Crippen LogP contribution in [0.2, 0.25) is 5.02 Å². The van der Waals surface area contributed by atoms with E-state index in [4.69, 9.17) is 16.3 Å². The summed E-state index contributed by atoms with van der Waals surface area (Å²) in [6, 6.07) is 2.72. The Morgan fingerprint density at radius 1 is 1.52 bits per heavy atom. The molecule has 1 N–H and O–H groups in total. The summed E-state index contributed by atoms with van der Waals surface area (Å²) in [6.07, 6.45) is -3.11. The highest BCUT2D eigenvalue weighted by Gasteiger charge is 2.31. The van der Waals surface area contributed by atoms with E-state index in [9.17, 15) is 18.0 Å². The van der Waals surface area contributed by atoms with Crippen LogP contribution in [0.15, 0.2) is 30.9 Å². The average Bonchev–Trinajstić information content (AvgIpc) is 2.40. The van der Waals surface area contributed by atoms with Crippen LogP contribution >= 0.6 is 11.6 Å². The van der Waals surface area contributed by atoms with Gasteiger partial charge in [-0.3, -0.25) is 4.79 Å². The SMILES string of the molecule is C=CCCOC(C)C(=O)Nc1cc(C(F)(F)F)ccc1Cl. The zero-order chi connectivity index (χ0) is 16.0. The number of rotatable bonds is 6. The second kappa shape index (κ2) is 7.47. The molecule has 1 atom stereocenters. The maximum absolute atomic E-state index is 12.6. The van der Waals surface area contributed by atoms with Gasteiger partial charge in [0.1, 0.15) is 6.10 Å². The third-order valence-corrected chi connectivity index (χ3v) is 2.94. The van der Waals surface area contributed by atoms with Crippen molar-refractivity contribution in [3.63, 3.8) is 0 Å². The number of halogens is 4. The summed E-state index contributed by atoms with van der Waals surface area (Å²) in [5, 5.41) is 2.35. The van der Waals surface area contributed by atoms with Gasteiger partial charge in [-0.2, -0.15) is 13.2 Å². The van der Waals surface area contributed by atoms with Gasteiger partial charge in [-0.15, -0.1) is 6.58 Å². The van der Waals surface area contributed by atoms with Crippen LogP contribution in [0.4, 0.5) is 18.9 Å². The molecule has 7 heteroatoms. The molecule has 0 aliphatic heterocycles. The number of hydrogen-bond acceptors (Lipinski definition) is 2. The van der Waals surface area contributed by atoms with Crippen molar-refractivity contribution in [3.8, 4) is 0 Å². The third kappa shape index (κ3) is 5.40. The molecule has 1 unspecified atom stereocenters. The van der Waals surface area contributed by atoms with Gasteiger partial charge in [-0.05, 0) is 31.5 Å². The van der Waals surface area contributed by atoms with Gasteiger partial charge in [0.2, 0.25) is 0 Å². The first-order valence-corrected chi connectivity index (χ1v) is 6.53. The summed E-state index contributed by atoms with van der Waals surface area (Å²) in [4.78, 5) is 11.8. The molecule has 1 rings (SSSR count). The van der Waals surface area contributed by atoms with E-state index in [1.807, 2.05) is 0 Å². The molecule has 0 fully saturated rings. The molecular weight excluding hydrogens is 307 g/mol. The van der Waals surface area contributed by atoms with Crippen molar-refractivity contribution in [1.82, 2.24) is 0 Å². The summed E-state index contributed by atoms with van der Waals surface area (Å²) in [7, 11) is 0. The maximum atomic E-state index is 12.6. The number of carbonyl (C=O) groups is 1. The van der Waals surface area contributed by atoms with Crippen LogP contribution in [0.5, 0.6) is 0 Å². The number of carbonyl (C=O) groups excluding carboxylic acids is 1. The van der Waals surface area contributed by atoms with Crippen LogP contribution < -0.4 is 5.32 Å². The molecule has 21 heavy (non-hydrogen) atoms. The lowest BCUT2D eigenvalue weighted by molar-refractivity contribution is -0.137. The predicted octanol–water partition coefficient (Wildman–Crippen LogP) is 4.28. The second-order valence-electron chi connectivity index (χ2n) is 4.27. The van der Waals surface area contributed by atoms with E-state index in [0.29, 0.717) is 13.0 Å². The molecule has 3 nitrogen and oxygen atoms in total. The molecule has 0 heterocycles. The summed E-state index contributed by atoms with van der Waals surface area (Å²) in [5.74, 6) is -0.569. The monoisotopic (exact) mass is 321 g/mol. The molecule has 0 radical (unpaired) electrons. The zero-order valence-electron chi connectivity index (χ0n) is 11.3. The van der Waals surface area contributed by atoms with E-state index in [1.165, 1.54) is 6.92 Å². The molecule has 116 valence electrons. The van der Waals surface area contributed by atoms with Gasteiger partial charge in [-0.25, -0.2) is 0 Å². The Kier molecular flexibility index (Phi) is 6.23. The number of hydrogen-bond donors (Lipinski definition) is 1. The van der Waals surface area contributed by atoms with Crippen molar-refractivity contribution < 1.29 is 22.7 Å². The predicted molar refractivity (Wildman–Crippen MR) is 75.3 cm³/mol. The Labute approximate surface area is 125 Å². The van der Waals surface area contributed by atoms with E-state index in [1.54, 1.807) is 6.08 Å². The van der Waals surface area contributed by atoms with E-state index in [-0.39, 0.29) is 10.7 Å². The number of benzene rings is 1. The van der Waals surface area contributed by atoms with Crippen LogP contribution in [-0.4, -0.2) is 18.6 Å². The Balaban J connectivity index is 2.77. The summed E-state index contributed by atoms with van der Waals surface area (Å²) < 4.78 is 43.0. The van der Waals surface area contributed by atoms with Gasteiger partial charge in [0.05, 0.1) is 22.9 Å². The van der Waals surface area contributed by atoms with Crippen molar-refractivity contribution in [3.05, 3.63) is 41.4 Å². The quantitative estimate of drug-likeness (QED) is 0.627. The van der Waals surface area contributed by atoms with Crippen LogP contribution in [0, 0.1) is 0 Å². The molecule has 1 amide bonds. The lowest BCUT2D eigenvalue weighted by Gasteiger charge is -2.15. The second-order valence-corrected chi connectivity index (χ2v) is 4.68. The average molecular weight is 322 g/mol. The minimum atomic E-state index is -4.50. The molecule has 1 aromatic carbocycles. The van der Waals surface area contributed by atoms with Crippen molar-refractivity contribution in [2.24, 2.45) is 0 Å². The van der Waals surface area contributed by atoms with Gasteiger partial charge < -0.3 is 10.1 Å². The van der Waals surface area contributed by atoms with E-state index < -0.39 is 23.8 Å². The van der Waals surface area contributed by atoms with Crippen LogP contribution in [0.25, 0.3) is 0 Å². The molecule has 0 saturated carbocycles. The highest BCUT2D eigenvalue weighted by molar-refractivity contribution is 6.33. The standard InChI is InChI=1S/C14H15ClF3NO2/c1-3-4-7-21-9(2)13(20)19-12-8-10(14(16,17)18)5-6-11(12)15/h3,5-6,8-9H,1,4,7H2,2H3,(H,19,20). The molecule has 0 bridgehead atoms. The molecule has 0 aliphatic carbocycles. The number of amides is 1. The van der Waals surface area contributed by atoms with Crippen LogP contribution in [0.1, 0.15) is 18.9 Å². The van der Waals surface area contributed by atoms with Crippen molar-refractivity contribution in [2.75, 3.05) is 11.9 Å². The zero-order valence-corrected chi connectivity index (χ0v) is 12.1. The number of ether oxygens (including phenoxy) is 1. The summed E-state index contributed by atoms with van der Waals surface area (Å²) in [5.41, 5.74) is -0.988. The van der Waals surface area contributed by atoms with Gasteiger partial charge in [0.15, 0.2) is 0 Å². The number of nitrogens with one attached hydrogen (secondary N) is 1. The summed E-state index contributed by atoms with van der Waals surface area (Å²) >= 11 is 5.79. The van der Waals surface area contributed by atoms with Gasteiger partial charge in [0.25, 0.3) is 5.91 Å². The van der Waals surface area contributed by atoms with Crippen LogP contribution in [-0.2, 0) is 15.7 Å². The molecule has 0 saturated heterocycles. The molecule has 0 aromatic heterocycles. The van der Waals surface area contributed by atoms with E-state index in [2.05, 4.69) is 11.9 Å². The Bertz CT molecular complexity index is 517. The first kappa shape index (κ1) is 17.5. The summed E-state index contributed by atoms with van der Waals surface area (Å²) in [6.45, 7) is 5.31. The van der Waals surface area contributed by atoms with E-state index >= 15 is 0 Å².